The topological polar surface area (TPSA) is 80.2 Å². The third-order valence-electron chi connectivity index (χ3n) is 3.12. The zero-order valence-corrected chi connectivity index (χ0v) is 12.8. The van der Waals surface area contributed by atoms with E-state index in [1.165, 1.54) is 6.08 Å². The Balaban J connectivity index is 2.00. The predicted octanol–water partition coefficient (Wildman–Crippen LogP) is 1.99. The van der Waals surface area contributed by atoms with Crippen LogP contribution in [0.2, 0.25) is 0 Å². The molecule has 1 aromatic heterocycles. The summed E-state index contributed by atoms with van der Waals surface area (Å²) >= 11 is 3.37. The van der Waals surface area contributed by atoms with Gasteiger partial charge in [0.05, 0.1) is 0 Å². The summed E-state index contributed by atoms with van der Waals surface area (Å²) in [6.45, 7) is 0. The lowest BCUT2D eigenvalue weighted by atomic mass is 10.1. The van der Waals surface area contributed by atoms with E-state index < -0.39 is 17.8 Å². The van der Waals surface area contributed by atoms with E-state index in [-0.39, 0.29) is 5.57 Å². The molecule has 4 amide bonds. The smallest absolute Gasteiger partial charge is 0.317 e. The predicted molar refractivity (Wildman–Crippen MR) is 83.1 cm³/mol. The molecule has 2 N–H and O–H groups in total. The van der Waals surface area contributed by atoms with Crippen LogP contribution >= 0.6 is 15.9 Å². The third-order valence-corrected chi connectivity index (χ3v) is 3.65. The molecular weight excluding hydrogens is 350 g/mol. The van der Waals surface area contributed by atoms with E-state index in [4.69, 9.17) is 0 Å². The molecule has 1 aromatic carbocycles. The van der Waals surface area contributed by atoms with Gasteiger partial charge < -0.3 is 4.57 Å². The lowest BCUT2D eigenvalue weighted by Gasteiger charge is -2.14. The highest BCUT2D eigenvalue weighted by Gasteiger charge is 2.27. The van der Waals surface area contributed by atoms with Gasteiger partial charge in [0.2, 0.25) is 0 Å². The van der Waals surface area contributed by atoms with Crippen molar-refractivity contribution < 1.29 is 14.4 Å². The van der Waals surface area contributed by atoms with Crippen LogP contribution in [-0.2, 0) is 9.59 Å². The number of imide groups is 2. The van der Waals surface area contributed by atoms with Gasteiger partial charge in [0.1, 0.15) is 5.57 Å². The molecule has 1 saturated heterocycles. The molecule has 0 saturated carbocycles. The highest BCUT2D eigenvalue weighted by atomic mass is 79.9. The first-order valence-electron chi connectivity index (χ1n) is 6.36. The minimum Gasteiger partial charge on any atom is -0.317 e. The van der Waals surface area contributed by atoms with E-state index in [9.17, 15) is 14.4 Å². The standard InChI is InChI=1S/C15H10BrN3O3/c16-9-3-5-10(6-4-9)19-7-1-2-11(19)8-12-13(20)17-15(22)18-14(12)21/h1-8H,(H2,17,18,20,21,22). The number of urea groups is 1. The van der Waals surface area contributed by atoms with Gasteiger partial charge in [0, 0.05) is 22.1 Å². The number of rotatable bonds is 2. The zero-order valence-electron chi connectivity index (χ0n) is 11.2. The normalized spacial score (nSPS) is 14.6. The summed E-state index contributed by atoms with van der Waals surface area (Å²) in [6, 6.07) is 10.4. The van der Waals surface area contributed by atoms with Crippen LogP contribution in [0.4, 0.5) is 4.79 Å². The Bertz CT molecular complexity index is 784. The quantitative estimate of drug-likeness (QED) is 0.635. The van der Waals surface area contributed by atoms with Crippen LogP contribution in [0, 0.1) is 0 Å². The van der Waals surface area contributed by atoms with Crippen molar-refractivity contribution in [1.82, 2.24) is 15.2 Å². The second kappa shape index (κ2) is 5.61. The molecule has 1 aliphatic heterocycles. The minimum absolute atomic E-state index is 0.114. The number of nitrogens with one attached hydrogen (secondary N) is 2. The van der Waals surface area contributed by atoms with Crippen molar-refractivity contribution in [1.29, 1.82) is 0 Å². The summed E-state index contributed by atoms with van der Waals surface area (Å²) in [4.78, 5) is 34.6. The number of benzene rings is 1. The number of aromatic nitrogens is 1. The lowest BCUT2D eigenvalue weighted by molar-refractivity contribution is -0.123. The number of amides is 4. The Morgan fingerprint density at radius 3 is 2.23 bits per heavy atom. The molecule has 0 aliphatic carbocycles. The highest BCUT2D eigenvalue weighted by Crippen LogP contribution is 2.19. The van der Waals surface area contributed by atoms with Gasteiger partial charge in [-0.1, -0.05) is 15.9 Å². The van der Waals surface area contributed by atoms with Crippen LogP contribution in [0.25, 0.3) is 11.8 Å². The van der Waals surface area contributed by atoms with E-state index >= 15 is 0 Å². The number of carbonyl (C=O) groups is 3. The third kappa shape index (κ3) is 2.71. The van der Waals surface area contributed by atoms with Crippen molar-refractivity contribution in [2.75, 3.05) is 0 Å². The first-order chi connectivity index (χ1) is 10.5. The van der Waals surface area contributed by atoms with Crippen LogP contribution in [0.5, 0.6) is 0 Å². The Morgan fingerprint density at radius 1 is 0.955 bits per heavy atom. The van der Waals surface area contributed by atoms with Crippen molar-refractivity contribution in [3.8, 4) is 5.69 Å². The molecule has 0 radical (unpaired) electrons. The van der Waals surface area contributed by atoms with Crippen LogP contribution in [0.1, 0.15) is 5.69 Å². The molecule has 3 rings (SSSR count). The molecule has 110 valence electrons. The molecule has 1 fully saturated rings. The summed E-state index contributed by atoms with van der Waals surface area (Å²) in [5, 5.41) is 4.09. The molecule has 0 unspecified atom stereocenters. The number of hydrogen-bond acceptors (Lipinski definition) is 3. The number of halogens is 1. The molecular formula is C15H10BrN3O3. The maximum atomic E-state index is 11.8. The van der Waals surface area contributed by atoms with E-state index in [2.05, 4.69) is 15.9 Å². The number of nitrogens with zero attached hydrogens (tertiary/aromatic N) is 1. The summed E-state index contributed by atoms with van der Waals surface area (Å²) in [6.07, 6.45) is 3.26. The SMILES string of the molecule is O=C1NC(=O)C(=Cc2cccn2-c2ccc(Br)cc2)C(=O)N1. The Morgan fingerprint density at radius 2 is 1.59 bits per heavy atom. The fourth-order valence-electron chi connectivity index (χ4n) is 2.10. The Kier molecular flexibility index (Phi) is 3.64. The molecule has 2 heterocycles. The summed E-state index contributed by atoms with van der Waals surface area (Å²) in [5.74, 6) is -1.42. The van der Waals surface area contributed by atoms with Gasteiger partial charge in [-0.25, -0.2) is 4.79 Å². The van der Waals surface area contributed by atoms with Gasteiger partial charge in [0.25, 0.3) is 11.8 Å². The maximum Gasteiger partial charge on any atom is 0.328 e. The number of carbonyl (C=O) groups excluding carboxylic acids is 3. The van der Waals surface area contributed by atoms with Gasteiger partial charge >= 0.3 is 6.03 Å². The molecule has 1 aliphatic rings. The van der Waals surface area contributed by atoms with Crippen molar-refractivity contribution >= 4 is 39.9 Å². The monoisotopic (exact) mass is 359 g/mol. The Hall–Kier alpha value is -2.67. The van der Waals surface area contributed by atoms with Crippen molar-refractivity contribution in [3.63, 3.8) is 0 Å². The highest BCUT2D eigenvalue weighted by molar-refractivity contribution is 9.10. The molecule has 0 spiro atoms. The van der Waals surface area contributed by atoms with Crippen LogP contribution in [0.3, 0.4) is 0 Å². The summed E-state index contributed by atoms with van der Waals surface area (Å²) in [5.41, 5.74) is 1.42. The van der Waals surface area contributed by atoms with E-state index in [0.717, 1.165) is 10.2 Å². The van der Waals surface area contributed by atoms with Crippen molar-refractivity contribution in [2.45, 2.75) is 0 Å². The van der Waals surface area contributed by atoms with Crippen LogP contribution in [-0.4, -0.2) is 22.4 Å². The van der Waals surface area contributed by atoms with E-state index in [1.54, 1.807) is 12.1 Å². The van der Waals surface area contributed by atoms with Crippen molar-refractivity contribution in [3.05, 3.63) is 58.3 Å². The van der Waals surface area contributed by atoms with Gasteiger partial charge in [-0.05, 0) is 42.5 Å². The fraction of sp³-hybridized carbons (Fsp3) is 0. The second-order valence-electron chi connectivity index (χ2n) is 4.57. The molecule has 0 atom stereocenters. The maximum absolute atomic E-state index is 11.8. The second-order valence-corrected chi connectivity index (χ2v) is 5.49. The van der Waals surface area contributed by atoms with Crippen LogP contribution in [0.15, 0.2) is 52.6 Å². The van der Waals surface area contributed by atoms with Gasteiger partial charge in [-0.3, -0.25) is 20.2 Å². The number of barbiturate groups is 1. The van der Waals surface area contributed by atoms with Gasteiger partial charge in [0.15, 0.2) is 0 Å². The molecule has 22 heavy (non-hydrogen) atoms. The largest absolute Gasteiger partial charge is 0.328 e. The summed E-state index contributed by atoms with van der Waals surface area (Å²) in [7, 11) is 0. The molecule has 0 bridgehead atoms. The zero-order chi connectivity index (χ0) is 15.7. The van der Waals surface area contributed by atoms with E-state index in [1.807, 2.05) is 45.7 Å². The first kappa shape index (κ1) is 14.3. The number of hydrogen-bond donors (Lipinski definition) is 2. The molecule has 6 nitrogen and oxygen atoms in total. The molecule has 2 aromatic rings. The average molecular weight is 360 g/mol. The minimum atomic E-state index is -0.810. The van der Waals surface area contributed by atoms with Crippen LogP contribution < -0.4 is 10.6 Å². The fourth-order valence-corrected chi connectivity index (χ4v) is 2.37. The molecule has 7 heteroatoms. The van der Waals surface area contributed by atoms with Gasteiger partial charge in [-0.15, -0.1) is 0 Å². The Labute approximate surface area is 133 Å². The first-order valence-corrected chi connectivity index (χ1v) is 7.15. The average Bonchev–Trinajstić information content (AvgIpc) is 2.92. The van der Waals surface area contributed by atoms with E-state index in [0.29, 0.717) is 5.69 Å². The van der Waals surface area contributed by atoms with Crippen molar-refractivity contribution in [2.24, 2.45) is 0 Å². The van der Waals surface area contributed by atoms with Gasteiger partial charge in [-0.2, -0.15) is 0 Å². The summed E-state index contributed by atoms with van der Waals surface area (Å²) < 4.78 is 2.78. The lowest BCUT2D eigenvalue weighted by Crippen LogP contribution is -2.51.